The normalized spacial score (nSPS) is 15.4. The maximum Gasteiger partial charge on any atom is 0.318 e. The Morgan fingerprint density at radius 1 is 1.17 bits per heavy atom. The Bertz CT molecular complexity index is 1290. The third-order valence-corrected chi connectivity index (χ3v) is 6.06. The molecule has 0 spiro atoms. The number of ether oxygens (including phenoxy) is 1. The third kappa shape index (κ3) is 5.31. The second-order valence-corrected chi connectivity index (χ2v) is 9.24. The van der Waals surface area contributed by atoms with Crippen LogP contribution in [0.15, 0.2) is 65.9 Å². The van der Waals surface area contributed by atoms with Gasteiger partial charge in [-0.05, 0) is 44.0 Å². The molecule has 0 aliphatic carbocycles. The van der Waals surface area contributed by atoms with Gasteiger partial charge in [0.25, 0.3) is 5.91 Å². The number of carbonyl (C=O) groups excluding carboxylic acids is 2. The maximum absolute atomic E-state index is 13.2. The minimum absolute atomic E-state index is 0.101. The van der Waals surface area contributed by atoms with Gasteiger partial charge in [-0.25, -0.2) is 9.99 Å². The fourth-order valence-electron chi connectivity index (χ4n) is 3.79. The molecule has 1 aromatic heterocycles. The van der Waals surface area contributed by atoms with Gasteiger partial charge in [0, 0.05) is 17.1 Å². The molecule has 2 amide bonds. The quantitative estimate of drug-likeness (QED) is 0.482. The lowest BCUT2D eigenvalue weighted by atomic mass is 9.90. The average Bonchev–Trinajstić information content (AvgIpc) is 3.30. The first-order chi connectivity index (χ1) is 17.2. The number of nitrogens with one attached hydrogen (secondary N) is 1. The fourth-order valence-corrected chi connectivity index (χ4v) is 3.91. The minimum atomic E-state index is -1.28. The van der Waals surface area contributed by atoms with E-state index < -0.39 is 17.4 Å². The molecular formula is C26H27ClN6O3. The molecule has 186 valence electrons. The summed E-state index contributed by atoms with van der Waals surface area (Å²) in [7, 11) is 0. The number of aromatic nitrogens is 2. The molecule has 1 atom stereocenters. The summed E-state index contributed by atoms with van der Waals surface area (Å²) in [4.78, 5) is 33.7. The number of amides is 2. The van der Waals surface area contributed by atoms with Crippen molar-refractivity contribution in [3.8, 4) is 6.01 Å². The molecule has 1 aliphatic rings. The van der Waals surface area contributed by atoms with Crippen LogP contribution in [0.3, 0.4) is 0 Å². The van der Waals surface area contributed by atoms with Gasteiger partial charge in [0.05, 0.1) is 18.9 Å². The van der Waals surface area contributed by atoms with E-state index in [-0.39, 0.29) is 23.3 Å². The summed E-state index contributed by atoms with van der Waals surface area (Å²) >= 11 is 6.12. The van der Waals surface area contributed by atoms with Gasteiger partial charge in [-0.1, -0.05) is 54.1 Å². The molecule has 3 N–H and O–H groups in total. The van der Waals surface area contributed by atoms with E-state index in [0.717, 1.165) is 16.8 Å². The number of hydrogen-bond donors (Lipinski definition) is 2. The van der Waals surface area contributed by atoms with Gasteiger partial charge < -0.3 is 15.8 Å². The van der Waals surface area contributed by atoms with Crippen molar-refractivity contribution < 1.29 is 14.3 Å². The zero-order valence-corrected chi connectivity index (χ0v) is 21.0. The van der Waals surface area contributed by atoms with E-state index in [0.29, 0.717) is 18.2 Å². The highest BCUT2D eigenvalue weighted by molar-refractivity contribution is 6.30. The van der Waals surface area contributed by atoms with Gasteiger partial charge >= 0.3 is 6.01 Å². The van der Waals surface area contributed by atoms with Crippen molar-refractivity contribution >= 4 is 34.9 Å². The molecule has 0 radical (unpaired) electrons. The first-order valence-electron chi connectivity index (χ1n) is 11.5. The van der Waals surface area contributed by atoms with Gasteiger partial charge in [-0.3, -0.25) is 9.59 Å². The van der Waals surface area contributed by atoms with Crippen LogP contribution in [-0.2, 0) is 4.79 Å². The minimum Gasteiger partial charge on any atom is -0.464 e. The number of halogens is 1. The van der Waals surface area contributed by atoms with Gasteiger partial charge in [-0.15, -0.1) is 0 Å². The second kappa shape index (κ2) is 10.3. The number of benzene rings is 2. The van der Waals surface area contributed by atoms with E-state index in [1.165, 1.54) is 20.0 Å². The van der Waals surface area contributed by atoms with Gasteiger partial charge in [0.15, 0.2) is 5.82 Å². The summed E-state index contributed by atoms with van der Waals surface area (Å²) < 4.78 is 5.50. The number of primary amides is 1. The Hall–Kier alpha value is -3.98. The number of anilines is 1. The Balaban J connectivity index is 1.79. The lowest BCUT2D eigenvalue weighted by Gasteiger charge is -2.24. The van der Waals surface area contributed by atoms with Crippen LogP contribution < -0.4 is 20.8 Å². The zero-order chi connectivity index (χ0) is 25.9. The number of carbonyl (C=O) groups is 2. The SMILES string of the molecule is CCOc1ncc(C(=O)NC(C)(C)C(N)=O)c(N2CC(c3ccccc3)C(c3ccc(Cl)cc3)=N2)n1. The van der Waals surface area contributed by atoms with Crippen LogP contribution in [0.4, 0.5) is 5.82 Å². The van der Waals surface area contributed by atoms with E-state index in [9.17, 15) is 9.59 Å². The molecule has 0 saturated heterocycles. The molecule has 10 heteroatoms. The summed E-state index contributed by atoms with van der Waals surface area (Å²) in [5.41, 5.74) is 7.08. The van der Waals surface area contributed by atoms with Gasteiger partial charge in [0.2, 0.25) is 5.91 Å². The van der Waals surface area contributed by atoms with Crippen LogP contribution in [0.5, 0.6) is 6.01 Å². The van der Waals surface area contributed by atoms with Gasteiger partial charge in [0.1, 0.15) is 11.1 Å². The van der Waals surface area contributed by atoms with E-state index in [1.807, 2.05) is 61.5 Å². The van der Waals surface area contributed by atoms with Crippen LogP contribution in [0.1, 0.15) is 48.2 Å². The molecular weight excluding hydrogens is 480 g/mol. The second-order valence-electron chi connectivity index (χ2n) is 8.80. The topological polar surface area (TPSA) is 123 Å². The van der Waals surface area contributed by atoms with Crippen LogP contribution in [0, 0.1) is 0 Å². The van der Waals surface area contributed by atoms with Crippen molar-refractivity contribution in [3.63, 3.8) is 0 Å². The van der Waals surface area contributed by atoms with Crippen LogP contribution in [0.2, 0.25) is 5.02 Å². The van der Waals surface area contributed by atoms with Gasteiger partial charge in [-0.2, -0.15) is 10.1 Å². The largest absolute Gasteiger partial charge is 0.464 e. The van der Waals surface area contributed by atoms with E-state index in [4.69, 9.17) is 27.2 Å². The standard InChI is InChI=1S/C26H27ClN6O3/c1-4-36-25-29-14-19(23(34)31-26(2,3)24(28)35)22(30-25)33-15-20(16-8-6-5-7-9-16)21(32-33)17-10-12-18(27)13-11-17/h5-14,20H,4,15H2,1-3H3,(H2,28,35)(H,31,34). The molecule has 0 bridgehead atoms. The molecule has 4 rings (SSSR count). The summed E-state index contributed by atoms with van der Waals surface area (Å²) in [5.74, 6) is -1.06. The number of nitrogens with two attached hydrogens (primary N) is 1. The first kappa shape index (κ1) is 25.1. The van der Waals surface area contributed by atoms with Crippen molar-refractivity contribution in [2.75, 3.05) is 18.2 Å². The molecule has 2 aromatic carbocycles. The average molecular weight is 507 g/mol. The molecule has 0 saturated carbocycles. The highest BCUT2D eigenvalue weighted by atomic mass is 35.5. The number of hydrazone groups is 1. The first-order valence-corrected chi connectivity index (χ1v) is 11.9. The lowest BCUT2D eigenvalue weighted by Crippen LogP contribution is -2.53. The Morgan fingerprint density at radius 2 is 1.86 bits per heavy atom. The Kier molecular flexibility index (Phi) is 7.21. The fraction of sp³-hybridized carbons (Fsp3) is 0.269. The predicted molar refractivity (Wildman–Crippen MR) is 138 cm³/mol. The van der Waals surface area contributed by atoms with Crippen LogP contribution in [-0.4, -0.2) is 46.2 Å². The van der Waals surface area contributed by atoms with Crippen LogP contribution in [0.25, 0.3) is 0 Å². The summed E-state index contributed by atoms with van der Waals surface area (Å²) in [6.45, 7) is 5.65. The van der Waals surface area contributed by atoms with Crippen LogP contribution >= 0.6 is 11.6 Å². The Morgan fingerprint density at radius 3 is 2.50 bits per heavy atom. The van der Waals surface area contributed by atoms with Crippen molar-refractivity contribution in [2.45, 2.75) is 32.2 Å². The number of nitrogens with zero attached hydrogens (tertiary/aromatic N) is 4. The van der Waals surface area contributed by atoms with Crippen molar-refractivity contribution in [1.82, 2.24) is 15.3 Å². The third-order valence-electron chi connectivity index (χ3n) is 5.81. The highest BCUT2D eigenvalue weighted by Gasteiger charge is 2.34. The number of rotatable bonds is 8. The zero-order valence-electron chi connectivity index (χ0n) is 20.2. The van der Waals surface area contributed by atoms with E-state index in [2.05, 4.69) is 15.3 Å². The molecule has 9 nitrogen and oxygen atoms in total. The maximum atomic E-state index is 13.2. The summed E-state index contributed by atoms with van der Waals surface area (Å²) in [5, 5.41) is 9.83. The molecule has 1 aliphatic heterocycles. The van der Waals surface area contributed by atoms with Crippen molar-refractivity contribution in [1.29, 1.82) is 0 Å². The highest BCUT2D eigenvalue weighted by Crippen LogP contribution is 2.33. The molecule has 36 heavy (non-hydrogen) atoms. The molecule has 1 unspecified atom stereocenters. The molecule has 3 aromatic rings. The van der Waals surface area contributed by atoms with Crippen molar-refractivity contribution in [3.05, 3.63) is 82.5 Å². The monoisotopic (exact) mass is 506 g/mol. The Labute approximate surface area is 214 Å². The molecule has 2 heterocycles. The van der Waals surface area contributed by atoms with E-state index >= 15 is 0 Å². The lowest BCUT2D eigenvalue weighted by molar-refractivity contribution is -0.122. The van der Waals surface area contributed by atoms with Crippen molar-refractivity contribution in [2.24, 2.45) is 10.8 Å². The summed E-state index contributed by atoms with van der Waals surface area (Å²) in [6.07, 6.45) is 1.37. The number of hydrogen-bond acceptors (Lipinski definition) is 7. The summed E-state index contributed by atoms with van der Waals surface area (Å²) in [6, 6.07) is 17.5. The predicted octanol–water partition coefficient (Wildman–Crippen LogP) is 3.53. The smallest absolute Gasteiger partial charge is 0.318 e. The van der Waals surface area contributed by atoms with E-state index in [1.54, 1.807) is 5.01 Å². The molecule has 0 fully saturated rings.